The first-order valence-corrected chi connectivity index (χ1v) is 7.75. The van der Waals surface area contributed by atoms with Crippen molar-refractivity contribution in [3.05, 3.63) is 35.4 Å². The number of benzene rings is 1. The van der Waals surface area contributed by atoms with Crippen LogP contribution in [-0.4, -0.2) is 37.0 Å². The molecule has 1 rings (SSSR count). The maximum atomic E-state index is 12.6. The SMILES string of the molecule is CCCCN(CC(C)C(=O)OC)C(=O)c1ccc(C(F)(F)F)cc1. The van der Waals surface area contributed by atoms with Crippen LogP contribution in [0.3, 0.4) is 0 Å². The number of carbonyl (C=O) groups is 2. The minimum Gasteiger partial charge on any atom is -0.469 e. The number of unbranched alkanes of at least 4 members (excludes halogenated alkanes) is 1. The number of halogens is 3. The summed E-state index contributed by atoms with van der Waals surface area (Å²) in [5, 5.41) is 0. The van der Waals surface area contributed by atoms with Gasteiger partial charge in [-0.25, -0.2) is 0 Å². The molecule has 0 aliphatic rings. The number of alkyl halides is 3. The van der Waals surface area contributed by atoms with Gasteiger partial charge in [-0.05, 0) is 30.7 Å². The Morgan fingerprint density at radius 1 is 1.21 bits per heavy atom. The monoisotopic (exact) mass is 345 g/mol. The molecule has 0 radical (unpaired) electrons. The molecule has 134 valence electrons. The fourth-order valence-electron chi connectivity index (χ4n) is 2.22. The van der Waals surface area contributed by atoms with Crippen LogP contribution in [0.5, 0.6) is 0 Å². The smallest absolute Gasteiger partial charge is 0.416 e. The molecule has 0 aromatic heterocycles. The Bertz CT molecular complexity index is 555. The molecule has 0 bridgehead atoms. The van der Waals surface area contributed by atoms with Gasteiger partial charge in [0.2, 0.25) is 0 Å². The second-order valence-corrected chi connectivity index (χ2v) is 5.60. The minimum atomic E-state index is -4.44. The Labute approximate surface area is 139 Å². The van der Waals surface area contributed by atoms with Crippen LogP contribution in [0.15, 0.2) is 24.3 Å². The molecule has 1 aromatic carbocycles. The summed E-state index contributed by atoms with van der Waals surface area (Å²) in [5.74, 6) is -1.34. The van der Waals surface area contributed by atoms with E-state index in [0.29, 0.717) is 6.54 Å². The second kappa shape index (κ2) is 8.70. The molecule has 0 aliphatic carbocycles. The zero-order chi connectivity index (χ0) is 18.3. The fraction of sp³-hybridized carbons (Fsp3) is 0.529. The first kappa shape index (κ1) is 20.0. The second-order valence-electron chi connectivity index (χ2n) is 5.60. The lowest BCUT2D eigenvalue weighted by Gasteiger charge is -2.25. The predicted octanol–water partition coefficient (Wildman–Crippen LogP) is 3.76. The van der Waals surface area contributed by atoms with Gasteiger partial charge < -0.3 is 9.64 Å². The number of hydrogen-bond acceptors (Lipinski definition) is 3. The molecule has 0 N–H and O–H groups in total. The van der Waals surface area contributed by atoms with Gasteiger partial charge in [0.25, 0.3) is 5.91 Å². The summed E-state index contributed by atoms with van der Waals surface area (Å²) < 4.78 is 42.5. The molecule has 7 heteroatoms. The van der Waals surface area contributed by atoms with Crippen LogP contribution in [0.25, 0.3) is 0 Å². The lowest BCUT2D eigenvalue weighted by Crippen LogP contribution is -2.38. The molecule has 0 saturated heterocycles. The third-order valence-corrected chi connectivity index (χ3v) is 3.63. The van der Waals surface area contributed by atoms with Gasteiger partial charge in [-0.15, -0.1) is 0 Å². The third kappa shape index (κ3) is 5.54. The summed E-state index contributed by atoms with van der Waals surface area (Å²) in [4.78, 5) is 25.6. The first-order valence-electron chi connectivity index (χ1n) is 7.75. The maximum Gasteiger partial charge on any atom is 0.416 e. The van der Waals surface area contributed by atoms with Crippen LogP contribution in [0, 0.1) is 5.92 Å². The highest BCUT2D eigenvalue weighted by atomic mass is 19.4. The Morgan fingerprint density at radius 2 is 1.79 bits per heavy atom. The average molecular weight is 345 g/mol. The summed E-state index contributed by atoms with van der Waals surface area (Å²) >= 11 is 0. The summed E-state index contributed by atoms with van der Waals surface area (Å²) in [6.45, 7) is 4.19. The number of hydrogen-bond donors (Lipinski definition) is 0. The van der Waals surface area contributed by atoms with Crippen molar-refractivity contribution in [1.29, 1.82) is 0 Å². The predicted molar refractivity (Wildman–Crippen MR) is 83.4 cm³/mol. The molecule has 0 spiro atoms. The van der Waals surface area contributed by atoms with E-state index in [-0.39, 0.29) is 12.1 Å². The van der Waals surface area contributed by atoms with Crippen LogP contribution < -0.4 is 0 Å². The van der Waals surface area contributed by atoms with Gasteiger partial charge in [0.1, 0.15) is 0 Å². The van der Waals surface area contributed by atoms with E-state index in [2.05, 4.69) is 4.74 Å². The van der Waals surface area contributed by atoms with Crippen molar-refractivity contribution in [3.8, 4) is 0 Å². The fourth-order valence-corrected chi connectivity index (χ4v) is 2.22. The van der Waals surface area contributed by atoms with Crippen LogP contribution >= 0.6 is 0 Å². The topological polar surface area (TPSA) is 46.6 Å². The zero-order valence-corrected chi connectivity index (χ0v) is 14.0. The average Bonchev–Trinajstić information content (AvgIpc) is 2.56. The van der Waals surface area contributed by atoms with Gasteiger partial charge in [0.05, 0.1) is 18.6 Å². The van der Waals surface area contributed by atoms with Crippen molar-refractivity contribution in [2.75, 3.05) is 20.2 Å². The van der Waals surface area contributed by atoms with Crippen LogP contribution in [0.2, 0.25) is 0 Å². The van der Waals surface area contributed by atoms with E-state index in [1.807, 2.05) is 6.92 Å². The van der Waals surface area contributed by atoms with E-state index in [1.54, 1.807) is 6.92 Å². The highest BCUT2D eigenvalue weighted by molar-refractivity contribution is 5.94. The van der Waals surface area contributed by atoms with E-state index in [1.165, 1.54) is 12.0 Å². The molecule has 1 atom stereocenters. The molecule has 0 saturated carbocycles. The molecule has 24 heavy (non-hydrogen) atoms. The number of methoxy groups -OCH3 is 1. The Morgan fingerprint density at radius 3 is 2.25 bits per heavy atom. The van der Waals surface area contributed by atoms with Crippen molar-refractivity contribution in [1.82, 2.24) is 4.90 Å². The highest BCUT2D eigenvalue weighted by Crippen LogP contribution is 2.29. The number of nitrogens with zero attached hydrogens (tertiary/aromatic N) is 1. The largest absolute Gasteiger partial charge is 0.469 e. The third-order valence-electron chi connectivity index (χ3n) is 3.63. The van der Waals surface area contributed by atoms with Crippen LogP contribution in [0.4, 0.5) is 13.2 Å². The molecule has 1 aromatic rings. The van der Waals surface area contributed by atoms with Gasteiger partial charge in [-0.1, -0.05) is 20.3 Å². The first-order chi connectivity index (χ1) is 11.2. The Kier molecular flexibility index (Phi) is 7.25. The van der Waals surface area contributed by atoms with E-state index < -0.39 is 29.5 Å². The number of esters is 1. The van der Waals surface area contributed by atoms with Gasteiger partial charge in [0, 0.05) is 18.7 Å². The van der Waals surface area contributed by atoms with E-state index in [4.69, 9.17) is 0 Å². The quantitative estimate of drug-likeness (QED) is 0.707. The Hall–Kier alpha value is -2.05. The number of rotatable bonds is 7. The van der Waals surface area contributed by atoms with E-state index in [9.17, 15) is 22.8 Å². The molecule has 0 fully saturated rings. The normalized spacial score (nSPS) is 12.6. The van der Waals surface area contributed by atoms with Crippen molar-refractivity contribution < 1.29 is 27.5 Å². The van der Waals surface area contributed by atoms with Gasteiger partial charge in [-0.2, -0.15) is 13.2 Å². The van der Waals surface area contributed by atoms with Gasteiger partial charge in [0.15, 0.2) is 0 Å². The molecule has 0 aliphatic heterocycles. The lowest BCUT2D eigenvalue weighted by atomic mass is 10.1. The van der Waals surface area contributed by atoms with Crippen LogP contribution in [0.1, 0.15) is 42.6 Å². The Balaban J connectivity index is 2.92. The summed E-state index contributed by atoms with van der Waals surface area (Å²) in [5.41, 5.74) is -0.641. The standard InChI is InChI=1S/C17H22F3NO3/c1-4-5-10-21(11-12(2)16(23)24-3)15(22)13-6-8-14(9-7-13)17(18,19)20/h6-9,12H,4-5,10-11H2,1-3H3. The highest BCUT2D eigenvalue weighted by Gasteiger charge is 2.30. The number of ether oxygens (including phenoxy) is 1. The van der Waals surface area contributed by atoms with E-state index in [0.717, 1.165) is 37.1 Å². The summed E-state index contributed by atoms with van der Waals surface area (Å²) in [7, 11) is 1.27. The molecule has 0 heterocycles. The van der Waals surface area contributed by atoms with Crippen LogP contribution in [-0.2, 0) is 15.7 Å². The summed E-state index contributed by atoms with van der Waals surface area (Å²) in [6.07, 6.45) is -2.85. The molecular weight excluding hydrogens is 323 g/mol. The molecular formula is C17H22F3NO3. The molecule has 1 amide bonds. The zero-order valence-electron chi connectivity index (χ0n) is 14.0. The van der Waals surface area contributed by atoms with Crippen molar-refractivity contribution in [3.63, 3.8) is 0 Å². The lowest BCUT2D eigenvalue weighted by molar-refractivity contribution is -0.145. The summed E-state index contributed by atoms with van der Waals surface area (Å²) in [6, 6.07) is 4.09. The molecule has 4 nitrogen and oxygen atoms in total. The van der Waals surface area contributed by atoms with E-state index >= 15 is 0 Å². The van der Waals surface area contributed by atoms with Crippen molar-refractivity contribution in [2.45, 2.75) is 32.9 Å². The maximum absolute atomic E-state index is 12.6. The minimum absolute atomic E-state index is 0.159. The van der Waals surface area contributed by atoms with Crippen molar-refractivity contribution in [2.24, 2.45) is 5.92 Å². The molecule has 1 unspecified atom stereocenters. The van der Waals surface area contributed by atoms with Gasteiger partial charge >= 0.3 is 12.1 Å². The number of amides is 1. The van der Waals surface area contributed by atoms with Crippen molar-refractivity contribution >= 4 is 11.9 Å². The van der Waals surface area contributed by atoms with Gasteiger partial charge in [-0.3, -0.25) is 9.59 Å². The number of carbonyl (C=O) groups excluding carboxylic acids is 2.